The van der Waals surface area contributed by atoms with Crippen molar-refractivity contribution >= 4 is 5.82 Å². The third kappa shape index (κ3) is 2.50. The summed E-state index contributed by atoms with van der Waals surface area (Å²) < 4.78 is 2.00. The minimum atomic E-state index is 0.581. The molecule has 0 aliphatic rings. The molecule has 0 bridgehead atoms. The van der Waals surface area contributed by atoms with E-state index < -0.39 is 0 Å². The molecule has 2 heterocycles. The van der Waals surface area contributed by atoms with E-state index in [9.17, 15) is 0 Å². The Morgan fingerprint density at radius 3 is 2.72 bits per heavy atom. The van der Waals surface area contributed by atoms with E-state index in [0.717, 1.165) is 35.7 Å². The van der Waals surface area contributed by atoms with Crippen molar-refractivity contribution in [2.75, 3.05) is 5.73 Å². The number of nitrogen functional groups attached to an aromatic ring is 1. The summed E-state index contributed by atoms with van der Waals surface area (Å²) in [6.45, 7) is 4.07. The first-order valence-corrected chi connectivity index (χ1v) is 6.20. The second-order valence-corrected chi connectivity index (χ2v) is 4.48. The molecule has 0 amide bonds. The van der Waals surface area contributed by atoms with Crippen LogP contribution in [0.3, 0.4) is 0 Å². The molecule has 2 aromatic heterocycles. The summed E-state index contributed by atoms with van der Waals surface area (Å²) in [6, 6.07) is 0. The molecule has 0 aliphatic heterocycles. The van der Waals surface area contributed by atoms with Crippen LogP contribution in [-0.4, -0.2) is 19.5 Å². The number of aryl methyl sites for hydroxylation is 2. The fourth-order valence-electron chi connectivity index (χ4n) is 1.86. The van der Waals surface area contributed by atoms with Crippen molar-refractivity contribution < 1.29 is 0 Å². The normalized spacial score (nSPS) is 10.8. The molecule has 0 unspecified atom stereocenters. The molecule has 0 radical (unpaired) electrons. The van der Waals surface area contributed by atoms with Gasteiger partial charge in [-0.3, -0.25) is 0 Å². The molecule has 0 aromatic carbocycles. The van der Waals surface area contributed by atoms with Gasteiger partial charge in [0.05, 0.1) is 5.69 Å². The summed E-state index contributed by atoms with van der Waals surface area (Å²) in [7, 11) is 1.98. The van der Waals surface area contributed by atoms with Gasteiger partial charge < -0.3 is 10.3 Å². The lowest BCUT2D eigenvalue weighted by molar-refractivity contribution is 0.779. The number of anilines is 1. The van der Waals surface area contributed by atoms with E-state index in [1.807, 2.05) is 24.7 Å². The molecule has 18 heavy (non-hydrogen) atoms. The van der Waals surface area contributed by atoms with Crippen molar-refractivity contribution in [3.63, 3.8) is 0 Å². The van der Waals surface area contributed by atoms with Crippen molar-refractivity contribution in [1.29, 1.82) is 0 Å². The molecule has 2 rings (SSSR count). The Labute approximate surface area is 107 Å². The van der Waals surface area contributed by atoms with E-state index in [4.69, 9.17) is 5.73 Å². The first kappa shape index (κ1) is 12.5. The smallest absolute Gasteiger partial charge is 0.131 e. The first-order chi connectivity index (χ1) is 8.61. The summed E-state index contributed by atoms with van der Waals surface area (Å²) in [6.07, 6.45) is 6.30. The zero-order chi connectivity index (χ0) is 13.1. The number of hydrogen-bond donors (Lipinski definition) is 1. The van der Waals surface area contributed by atoms with E-state index in [1.54, 1.807) is 6.20 Å². The van der Waals surface area contributed by atoms with Gasteiger partial charge in [0.2, 0.25) is 0 Å². The van der Waals surface area contributed by atoms with Crippen LogP contribution < -0.4 is 5.73 Å². The highest BCUT2D eigenvalue weighted by molar-refractivity contribution is 5.42. The Morgan fingerprint density at radius 1 is 1.33 bits per heavy atom. The van der Waals surface area contributed by atoms with Gasteiger partial charge in [0, 0.05) is 37.8 Å². The van der Waals surface area contributed by atoms with Crippen LogP contribution in [-0.2, 0) is 19.9 Å². The van der Waals surface area contributed by atoms with Crippen molar-refractivity contribution in [3.8, 4) is 0 Å². The summed E-state index contributed by atoms with van der Waals surface area (Å²) >= 11 is 0. The van der Waals surface area contributed by atoms with Gasteiger partial charge in [0.25, 0.3) is 0 Å². The van der Waals surface area contributed by atoms with Gasteiger partial charge in [-0.15, -0.1) is 0 Å². The summed E-state index contributed by atoms with van der Waals surface area (Å²) in [5, 5.41) is 0. The number of nitrogens with zero attached hydrogens (tertiary/aromatic N) is 4. The molecule has 5 nitrogen and oxygen atoms in total. The maximum Gasteiger partial charge on any atom is 0.131 e. The third-order valence-electron chi connectivity index (χ3n) is 3.05. The fourth-order valence-corrected chi connectivity index (χ4v) is 1.86. The van der Waals surface area contributed by atoms with Gasteiger partial charge in [-0.1, -0.05) is 6.92 Å². The topological polar surface area (TPSA) is 69.6 Å². The molecule has 0 atom stereocenters. The third-order valence-corrected chi connectivity index (χ3v) is 3.05. The average Bonchev–Trinajstić information content (AvgIpc) is 2.72. The van der Waals surface area contributed by atoms with Gasteiger partial charge in [-0.25, -0.2) is 15.0 Å². The molecular formula is C13H19N5. The SMILES string of the molecule is CCCc1nc(N)c(C)c(Cc2nccn2C)n1. The van der Waals surface area contributed by atoms with E-state index in [0.29, 0.717) is 12.2 Å². The molecule has 0 fully saturated rings. The number of imidazole rings is 1. The highest BCUT2D eigenvalue weighted by atomic mass is 15.0. The number of hydrogen-bond acceptors (Lipinski definition) is 4. The lowest BCUT2D eigenvalue weighted by atomic mass is 10.1. The van der Waals surface area contributed by atoms with Crippen LogP contribution in [0.2, 0.25) is 0 Å². The molecule has 96 valence electrons. The van der Waals surface area contributed by atoms with Crippen LogP contribution in [0.5, 0.6) is 0 Å². The zero-order valence-corrected chi connectivity index (χ0v) is 11.1. The monoisotopic (exact) mass is 245 g/mol. The van der Waals surface area contributed by atoms with Crippen LogP contribution in [0, 0.1) is 6.92 Å². The Kier molecular flexibility index (Phi) is 3.60. The van der Waals surface area contributed by atoms with Gasteiger partial charge in [-0.05, 0) is 13.3 Å². The van der Waals surface area contributed by atoms with E-state index in [1.165, 1.54) is 0 Å². The molecule has 0 aliphatic carbocycles. The van der Waals surface area contributed by atoms with E-state index in [-0.39, 0.29) is 0 Å². The lowest BCUT2D eigenvalue weighted by Crippen LogP contribution is -2.09. The van der Waals surface area contributed by atoms with Crippen molar-refractivity contribution in [2.45, 2.75) is 33.1 Å². The first-order valence-electron chi connectivity index (χ1n) is 6.20. The standard InChI is InChI=1S/C13H19N5/c1-4-5-11-16-10(9(2)13(14)17-11)8-12-15-6-7-18(12)3/h6-7H,4-5,8H2,1-3H3,(H2,14,16,17). The largest absolute Gasteiger partial charge is 0.383 e. The van der Waals surface area contributed by atoms with Crippen LogP contribution >= 0.6 is 0 Å². The van der Waals surface area contributed by atoms with Crippen LogP contribution in [0.25, 0.3) is 0 Å². The molecule has 2 N–H and O–H groups in total. The molecule has 0 saturated heterocycles. The van der Waals surface area contributed by atoms with Crippen molar-refractivity contribution in [2.24, 2.45) is 7.05 Å². The maximum atomic E-state index is 5.94. The zero-order valence-electron chi connectivity index (χ0n) is 11.1. The summed E-state index contributed by atoms with van der Waals surface area (Å²) in [5.41, 5.74) is 7.87. The fraction of sp³-hybridized carbons (Fsp3) is 0.462. The van der Waals surface area contributed by atoms with Gasteiger partial charge in [0.1, 0.15) is 17.5 Å². The maximum absolute atomic E-state index is 5.94. The molecule has 2 aromatic rings. The predicted molar refractivity (Wildman–Crippen MR) is 71.2 cm³/mol. The minimum Gasteiger partial charge on any atom is -0.383 e. The summed E-state index contributed by atoms with van der Waals surface area (Å²) in [5.74, 6) is 2.39. The molecule has 0 spiro atoms. The van der Waals surface area contributed by atoms with Gasteiger partial charge in [-0.2, -0.15) is 0 Å². The average molecular weight is 245 g/mol. The van der Waals surface area contributed by atoms with Crippen molar-refractivity contribution in [3.05, 3.63) is 35.3 Å². The molecular weight excluding hydrogens is 226 g/mol. The Hall–Kier alpha value is -1.91. The quantitative estimate of drug-likeness (QED) is 0.889. The van der Waals surface area contributed by atoms with Gasteiger partial charge >= 0.3 is 0 Å². The second kappa shape index (κ2) is 5.16. The summed E-state index contributed by atoms with van der Waals surface area (Å²) in [4.78, 5) is 13.2. The second-order valence-electron chi connectivity index (χ2n) is 4.48. The van der Waals surface area contributed by atoms with E-state index >= 15 is 0 Å². The number of aromatic nitrogens is 4. The lowest BCUT2D eigenvalue weighted by Gasteiger charge is -2.09. The molecule has 5 heteroatoms. The van der Waals surface area contributed by atoms with Gasteiger partial charge in [0.15, 0.2) is 0 Å². The van der Waals surface area contributed by atoms with Crippen LogP contribution in [0.1, 0.15) is 36.3 Å². The molecule has 0 saturated carbocycles. The van der Waals surface area contributed by atoms with Crippen LogP contribution in [0.4, 0.5) is 5.82 Å². The Balaban J connectivity index is 2.34. The minimum absolute atomic E-state index is 0.581. The Bertz CT molecular complexity index is 544. The highest BCUT2D eigenvalue weighted by Gasteiger charge is 2.11. The Morgan fingerprint density at radius 2 is 2.11 bits per heavy atom. The van der Waals surface area contributed by atoms with E-state index in [2.05, 4.69) is 21.9 Å². The predicted octanol–water partition coefficient (Wildman–Crippen LogP) is 1.64. The number of nitrogens with two attached hydrogens (primary N) is 1. The van der Waals surface area contributed by atoms with Crippen molar-refractivity contribution in [1.82, 2.24) is 19.5 Å². The van der Waals surface area contributed by atoms with Crippen LogP contribution in [0.15, 0.2) is 12.4 Å². The highest BCUT2D eigenvalue weighted by Crippen LogP contribution is 2.16. The number of rotatable bonds is 4.